The van der Waals surface area contributed by atoms with Crippen molar-refractivity contribution in [2.75, 3.05) is 11.4 Å². The lowest BCUT2D eigenvalue weighted by Crippen LogP contribution is -2.50. The molecule has 1 saturated carbocycles. The first kappa shape index (κ1) is 26.4. The Bertz CT molecular complexity index is 885. The molecule has 2 N–H and O–H groups in total. The summed E-state index contributed by atoms with van der Waals surface area (Å²) in [4.78, 5) is 33.9. The molecule has 2 aliphatic rings. The zero-order chi connectivity index (χ0) is 24.9. The molecule has 1 heterocycles. The fourth-order valence-electron chi connectivity index (χ4n) is 4.68. The number of unbranched alkanes of at least 4 members (excludes halogenated alkanes) is 2. The molecule has 0 bridgehead atoms. The fourth-order valence-corrected chi connectivity index (χ4v) is 4.68. The average Bonchev–Trinajstić information content (AvgIpc) is 3.62. The predicted octanol–water partition coefficient (Wildman–Crippen LogP) is 5.08. The van der Waals surface area contributed by atoms with Crippen LogP contribution in [0.1, 0.15) is 91.5 Å². The van der Waals surface area contributed by atoms with Crippen molar-refractivity contribution in [3.8, 4) is 0 Å². The SMILES string of the molecule is CCCCC(O)C(CC1CC1)C(=O)NC1N=C(C(C)(C)C)c2ccccc2N(CCCC)C1=O. The van der Waals surface area contributed by atoms with E-state index in [1.54, 1.807) is 4.90 Å². The van der Waals surface area contributed by atoms with Gasteiger partial charge < -0.3 is 15.3 Å². The number of aliphatic imine (C=N–C) groups is 1. The fraction of sp³-hybridized carbons (Fsp3) is 0.679. The molecule has 3 unspecified atom stereocenters. The van der Waals surface area contributed by atoms with Crippen LogP contribution in [0.5, 0.6) is 0 Å². The maximum absolute atomic E-state index is 13.8. The van der Waals surface area contributed by atoms with Gasteiger partial charge in [-0.2, -0.15) is 0 Å². The molecule has 1 aromatic rings. The highest BCUT2D eigenvalue weighted by molar-refractivity contribution is 6.15. The summed E-state index contributed by atoms with van der Waals surface area (Å²) in [5.41, 5.74) is 2.29. The Kier molecular flexibility index (Phi) is 8.91. The third-order valence-corrected chi connectivity index (χ3v) is 6.87. The summed E-state index contributed by atoms with van der Waals surface area (Å²) in [6.45, 7) is 11.0. The van der Waals surface area contributed by atoms with Gasteiger partial charge in [0, 0.05) is 17.5 Å². The van der Waals surface area contributed by atoms with Crippen molar-refractivity contribution in [3.63, 3.8) is 0 Å². The van der Waals surface area contributed by atoms with Crippen LogP contribution in [0.3, 0.4) is 0 Å². The van der Waals surface area contributed by atoms with E-state index in [9.17, 15) is 14.7 Å². The standard InChI is InChI=1S/C28H43N3O3/c1-6-8-14-23(32)21(18-19-15-16-19)26(33)30-25-27(34)31(17-9-7-2)22-13-11-10-12-20(22)24(29-25)28(3,4)5/h10-13,19,21,23,25,32H,6-9,14-18H2,1-5H3,(H,30,33). The number of benzene rings is 1. The van der Waals surface area contributed by atoms with Crippen LogP contribution in [-0.4, -0.2) is 41.4 Å². The molecule has 1 fully saturated rings. The second-order valence-corrected chi connectivity index (χ2v) is 11.0. The maximum Gasteiger partial charge on any atom is 0.272 e. The van der Waals surface area contributed by atoms with E-state index in [1.165, 1.54) is 0 Å². The molecule has 34 heavy (non-hydrogen) atoms. The van der Waals surface area contributed by atoms with Gasteiger partial charge in [0.25, 0.3) is 5.91 Å². The second kappa shape index (κ2) is 11.5. The predicted molar refractivity (Wildman–Crippen MR) is 138 cm³/mol. The van der Waals surface area contributed by atoms with Crippen molar-refractivity contribution in [1.82, 2.24) is 5.32 Å². The summed E-state index contributed by atoms with van der Waals surface area (Å²) in [5.74, 6) is -0.473. The Balaban J connectivity index is 1.94. The number of anilines is 1. The summed E-state index contributed by atoms with van der Waals surface area (Å²) < 4.78 is 0. The Labute approximate surface area is 205 Å². The first-order chi connectivity index (χ1) is 16.2. The Morgan fingerprint density at radius 3 is 2.47 bits per heavy atom. The molecule has 3 atom stereocenters. The van der Waals surface area contributed by atoms with Gasteiger partial charge in [-0.15, -0.1) is 0 Å². The molecule has 6 heteroatoms. The lowest BCUT2D eigenvalue weighted by Gasteiger charge is -2.27. The molecule has 3 rings (SSSR count). The van der Waals surface area contributed by atoms with Gasteiger partial charge in [0.2, 0.25) is 12.1 Å². The number of nitrogens with zero attached hydrogens (tertiary/aromatic N) is 2. The number of aliphatic hydroxyl groups excluding tert-OH is 1. The highest BCUT2D eigenvalue weighted by Crippen LogP contribution is 2.37. The zero-order valence-corrected chi connectivity index (χ0v) is 21.6. The number of carbonyl (C=O) groups is 2. The lowest BCUT2D eigenvalue weighted by molar-refractivity contribution is -0.133. The van der Waals surface area contributed by atoms with Crippen LogP contribution in [0.2, 0.25) is 0 Å². The van der Waals surface area contributed by atoms with Crippen LogP contribution in [-0.2, 0) is 9.59 Å². The minimum Gasteiger partial charge on any atom is -0.392 e. The monoisotopic (exact) mass is 469 g/mol. The molecule has 0 saturated heterocycles. The van der Waals surface area contributed by atoms with E-state index in [-0.39, 0.29) is 17.2 Å². The lowest BCUT2D eigenvalue weighted by atomic mass is 9.84. The molecule has 0 radical (unpaired) electrons. The highest BCUT2D eigenvalue weighted by Gasteiger charge is 2.39. The van der Waals surface area contributed by atoms with Crippen molar-refractivity contribution >= 4 is 23.2 Å². The van der Waals surface area contributed by atoms with Crippen LogP contribution in [0.4, 0.5) is 5.69 Å². The van der Waals surface area contributed by atoms with E-state index in [0.717, 1.165) is 55.5 Å². The third kappa shape index (κ3) is 6.47. The van der Waals surface area contributed by atoms with E-state index in [1.807, 2.05) is 24.3 Å². The highest BCUT2D eigenvalue weighted by atomic mass is 16.3. The molecular weight excluding hydrogens is 426 g/mol. The first-order valence-electron chi connectivity index (χ1n) is 13.1. The van der Waals surface area contributed by atoms with Crippen molar-refractivity contribution < 1.29 is 14.7 Å². The first-order valence-corrected chi connectivity index (χ1v) is 13.1. The number of hydrogen-bond donors (Lipinski definition) is 2. The number of nitrogens with one attached hydrogen (secondary N) is 1. The van der Waals surface area contributed by atoms with E-state index in [0.29, 0.717) is 25.3 Å². The summed E-state index contributed by atoms with van der Waals surface area (Å²) >= 11 is 0. The Morgan fingerprint density at radius 1 is 1.18 bits per heavy atom. The van der Waals surface area contributed by atoms with Crippen molar-refractivity contribution in [2.24, 2.45) is 22.2 Å². The van der Waals surface area contributed by atoms with E-state index >= 15 is 0 Å². The van der Waals surface area contributed by atoms with E-state index < -0.39 is 18.2 Å². The summed E-state index contributed by atoms with van der Waals surface area (Å²) in [5, 5.41) is 13.8. The number of para-hydroxylation sites is 1. The number of amides is 2. The van der Waals surface area contributed by atoms with Crippen LogP contribution in [0.15, 0.2) is 29.3 Å². The maximum atomic E-state index is 13.8. The van der Waals surface area contributed by atoms with Crippen LogP contribution in [0.25, 0.3) is 0 Å². The molecule has 0 spiro atoms. The number of carbonyl (C=O) groups excluding carboxylic acids is 2. The quantitative estimate of drug-likeness (QED) is 0.474. The molecule has 1 aliphatic heterocycles. The summed E-state index contributed by atoms with van der Waals surface area (Å²) in [7, 11) is 0. The van der Waals surface area contributed by atoms with Gasteiger partial charge in [-0.1, -0.05) is 84.9 Å². The topological polar surface area (TPSA) is 82.0 Å². The molecule has 6 nitrogen and oxygen atoms in total. The number of fused-ring (bicyclic) bond motifs is 1. The Morgan fingerprint density at radius 2 is 1.85 bits per heavy atom. The van der Waals surface area contributed by atoms with Crippen LogP contribution in [0, 0.1) is 17.3 Å². The Hall–Kier alpha value is -2.21. The second-order valence-electron chi connectivity index (χ2n) is 11.0. The van der Waals surface area contributed by atoms with Gasteiger partial charge in [0.1, 0.15) is 0 Å². The molecule has 0 aromatic heterocycles. The smallest absolute Gasteiger partial charge is 0.272 e. The van der Waals surface area contributed by atoms with Gasteiger partial charge in [0.15, 0.2) is 0 Å². The normalized spacial score (nSPS) is 20.3. The number of aliphatic hydroxyl groups is 1. The molecule has 2 amide bonds. The third-order valence-electron chi connectivity index (χ3n) is 6.87. The average molecular weight is 470 g/mol. The van der Waals surface area contributed by atoms with Gasteiger partial charge in [-0.25, -0.2) is 0 Å². The van der Waals surface area contributed by atoms with Gasteiger partial charge in [-0.3, -0.25) is 14.6 Å². The molecule has 1 aromatic carbocycles. The summed E-state index contributed by atoms with van der Waals surface area (Å²) in [6, 6.07) is 7.90. The van der Waals surface area contributed by atoms with Crippen molar-refractivity contribution in [3.05, 3.63) is 29.8 Å². The minimum atomic E-state index is -0.994. The largest absolute Gasteiger partial charge is 0.392 e. The molecular formula is C28H43N3O3. The zero-order valence-electron chi connectivity index (χ0n) is 21.6. The van der Waals surface area contributed by atoms with Crippen LogP contribution >= 0.6 is 0 Å². The molecule has 1 aliphatic carbocycles. The van der Waals surface area contributed by atoms with Crippen molar-refractivity contribution in [2.45, 2.75) is 98.3 Å². The minimum absolute atomic E-state index is 0.207. The number of hydrogen-bond acceptors (Lipinski definition) is 4. The molecule has 188 valence electrons. The number of rotatable bonds is 11. The number of benzodiazepines with no additional fused rings is 1. The van der Waals surface area contributed by atoms with Crippen molar-refractivity contribution in [1.29, 1.82) is 0 Å². The van der Waals surface area contributed by atoms with E-state index in [2.05, 4.69) is 39.9 Å². The van der Waals surface area contributed by atoms with Gasteiger partial charge in [-0.05, 0) is 31.2 Å². The van der Waals surface area contributed by atoms with E-state index in [4.69, 9.17) is 4.99 Å². The van der Waals surface area contributed by atoms with Crippen LogP contribution < -0.4 is 10.2 Å². The van der Waals surface area contributed by atoms with Gasteiger partial charge in [0.05, 0.1) is 23.4 Å². The summed E-state index contributed by atoms with van der Waals surface area (Å²) in [6.07, 6.45) is 5.49. The van der Waals surface area contributed by atoms with Gasteiger partial charge >= 0.3 is 0 Å².